The molecular formula is C16H19N3O3S. The molecule has 122 valence electrons. The number of H-pyrrole nitrogens is 1. The molecule has 2 N–H and O–H groups in total. The van der Waals surface area contributed by atoms with Crippen LogP contribution in [0.5, 0.6) is 5.75 Å². The number of amides is 1. The number of benzene rings is 1. The van der Waals surface area contributed by atoms with Crippen LogP contribution in [0, 0.1) is 13.8 Å². The van der Waals surface area contributed by atoms with Gasteiger partial charge in [0.05, 0.1) is 17.9 Å². The molecule has 0 spiro atoms. The fourth-order valence-electron chi connectivity index (χ4n) is 2.03. The molecule has 0 aliphatic heterocycles. The quantitative estimate of drug-likeness (QED) is 0.622. The molecule has 0 unspecified atom stereocenters. The maximum absolute atomic E-state index is 11.9. The molecule has 0 fully saturated rings. The molecule has 0 bridgehead atoms. The number of methoxy groups -OCH3 is 1. The molecule has 23 heavy (non-hydrogen) atoms. The van der Waals surface area contributed by atoms with E-state index in [1.807, 2.05) is 32.0 Å². The minimum Gasteiger partial charge on any atom is -0.496 e. The maximum Gasteiger partial charge on any atom is 0.345 e. The number of thioether (sulfide) groups is 1. The van der Waals surface area contributed by atoms with Gasteiger partial charge in [0.1, 0.15) is 5.75 Å². The van der Waals surface area contributed by atoms with Gasteiger partial charge in [-0.1, -0.05) is 23.9 Å². The number of aromatic amines is 1. The largest absolute Gasteiger partial charge is 0.496 e. The first-order chi connectivity index (χ1) is 11.0. The molecule has 1 aromatic carbocycles. The molecule has 0 saturated carbocycles. The van der Waals surface area contributed by atoms with Gasteiger partial charge in [-0.15, -0.1) is 0 Å². The van der Waals surface area contributed by atoms with Gasteiger partial charge in [-0.25, -0.2) is 9.78 Å². The zero-order chi connectivity index (χ0) is 16.8. The molecule has 1 aromatic heterocycles. The normalized spacial score (nSPS) is 10.4. The van der Waals surface area contributed by atoms with Gasteiger partial charge in [-0.2, -0.15) is 0 Å². The minimum absolute atomic E-state index is 0.0967. The molecule has 0 aliphatic carbocycles. The van der Waals surface area contributed by atoms with Crippen LogP contribution in [-0.4, -0.2) is 28.7 Å². The average molecular weight is 333 g/mol. The molecule has 0 aliphatic rings. The number of carbonyl (C=O) groups is 1. The van der Waals surface area contributed by atoms with E-state index in [0.717, 1.165) is 22.4 Å². The third-order valence-electron chi connectivity index (χ3n) is 3.25. The Morgan fingerprint density at radius 1 is 1.35 bits per heavy atom. The van der Waals surface area contributed by atoms with Gasteiger partial charge < -0.3 is 15.0 Å². The van der Waals surface area contributed by atoms with Crippen molar-refractivity contribution in [1.29, 1.82) is 0 Å². The van der Waals surface area contributed by atoms with E-state index in [-0.39, 0.29) is 11.7 Å². The van der Waals surface area contributed by atoms with E-state index < -0.39 is 5.69 Å². The monoisotopic (exact) mass is 333 g/mol. The molecule has 7 heteroatoms. The summed E-state index contributed by atoms with van der Waals surface area (Å²) in [5, 5.41) is 3.53. The van der Waals surface area contributed by atoms with Gasteiger partial charge >= 0.3 is 5.69 Å². The number of carbonyl (C=O) groups excluding carboxylic acids is 1. The first-order valence-corrected chi connectivity index (χ1v) is 8.07. The van der Waals surface area contributed by atoms with E-state index in [1.54, 1.807) is 7.11 Å². The van der Waals surface area contributed by atoms with Crippen molar-refractivity contribution in [2.75, 3.05) is 12.9 Å². The van der Waals surface area contributed by atoms with E-state index >= 15 is 0 Å². The smallest absolute Gasteiger partial charge is 0.345 e. The minimum atomic E-state index is -0.410. The Kier molecular flexibility index (Phi) is 5.81. The SMILES string of the molecule is COc1ccc(CNC(=O)CSc2[nH]c(=O)ncc2C)cc1C. The standard InChI is InChI=1S/C16H19N3O3S/c1-10-6-12(4-5-13(10)22-3)8-17-14(20)9-23-15-11(2)7-18-16(21)19-15/h4-7H,8-9H2,1-3H3,(H,17,20)(H,18,19,21). The van der Waals surface area contributed by atoms with Crippen LogP contribution < -0.4 is 15.7 Å². The lowest BCUT2D eigenvalue weighted by Crippen LogP contribution is -2.25. The summed E-state index contributed by atoms with van der Waals surface area (Å²) in [6.07, 6.45) is 1.50. The van der Waals surface area contributed by atoms with E-state index in [4.69, 9.17) is 4.74 Å². The van der Waals surface area contributed by atoms with Crippen LogP contribution in [0.15, 0.2) is 34.2 Å². The molecule has 1 amide bonds. The molecular weight excluding hydrogens is 314 g/mol. The van der Waals surface area contributed by atoms with Gasteiger partial charge in [0, 0.05) is 12.7 Å². The van der Waals surface area contributed by atoms with E-state index in [0.29, 0.717) is 11.6 Å². The van der Waals surface area contributed by atoms with Gasteiger partial charge in [0.15, 0.2) is 0 Å². The third-order valence-corrected chi connectivity index (χ3v) is 4.37. The number of nitrogens with one attached hydrogen (secondary N) is 2. The van der Waals surface area contributed by atoms with Gasteiger partial charge in [0.25, 0.3) is 0 Å². The fraction of sp³-hybridized carbons (Fsp3) is 0.312. The Balaban J connectivity index is 1.87. The van der Waals surface area contributed by atoms with Crippen molar-refractivity contribution in [2.45, 2.75) is 25.4 Å². The highest BCUT2D eigenvalue weighted by Crippen LogP contribution is 2.19. The predicted octanol–water partition coefficient (Wildman–Crippen LogP) is 1.80. The Bertz CT molecular complexity index is 758. The Morgan fingerprint density at radius 2 is 2.13 bits per heavy atom. The number of hydrogen-bond acceptors (Lipinski definition) is 5. The number of aromatic nitrogens is 2. The Hall–Kier alpha value is -2.28. The number of ether oxygens (including phenoxy) is 1. The Morgan fingerprint density at radius 3 is 2.83 bits per heavy atom. The summed E-state index contributed by atoms with van der Waals surface area (Å²) >= 11 is 1.29. The topological polar surface area (TPSA) is 84.1 Å². The first kappa shape index (κ1) is 17.1. The summed E-state index contributed by atoms with van der Waals surface area (Å²) in [4.78, 5) is 29.4. The lowest BCUT2D eigenvalue weighted by Gasteiger charge is -2.09. The van der Waals surface area contributed by atoms with Gasteiger partial charge in [0.2, 0.25) is 5.91 Å². The van der Waals surface area contributed by atoms with Crippen LogP contribution in [0.2, 0.25) is 0 Å². The van der Waals surface area contributed by atoms with E-state index in [2.05, 4.69) is 15.3 Å². The third kappa shape index (κ3) is 4.85. The molecule has 0 radical (unpaired) electrons. The Labute approximate surface area is 138 Å². The van der Waals surface area contributed by atoms with Crippen LogP contribution in [0.3, 0.4) is 0 Å². The predicted molar refractivity (Wildman–Crippen MR) is 89.9 cm³/mol. The lowest BCUT2D eigenvalue weighted by molar-refractivity contribution is -0.118. The molecule has 2 rings (SSSR count). The van der Waals surface area contributed by atoms with E-state index in [1.165, 1.54) is 18.0 Å². The second-order valence-corrected chi connectivity index (χ2v) is 6.06. The van der Waals surface area contributed by atoms with Crippen molar-refractivity contribution < 1.29 is 9.53 Å². The molecule has 1 heterocycles. The van der Waals surface area contributed by atoms with Crippen LogP contribution in [-0.2, 0) is 11.3 Å². The summed E-state index contributed by atoms with van der Waals surface area (Å²) < 4.78 is 5.21. The number of aryl methyl sites for hydroxylation is 2. The van der Waals surface area contributed by atoms with Crippen LogP contribution >= 0.6 is 11.8 Å². The molecule has 2 aromatic rings. The summed E-state index contributed by atoms with van der Waals surface area (Å²) in [6.45, 7) is 4.25. The summed E-state index contributed by atoms with van der Waals surface area (Å²) in [5.74, 6) is 0.962. The summed E-state index contributed by atoms with van der Waals surface area (Å²) in [5.41, 5.74) is 2.47. The highest BCUT2D eigenvalue weighted by Gasteiger charge is 2.07. The van der Waals surface area contributed by atoms with Crippen molar-refractivity contribution in [1.82, 2.24) is 15.3 Å². The van der Waals surface area contributed by atoms with Crippen LogP contribution in [0.4, 0.5) is 0 Å². The number of hydrogen-bond donors (Lipinski definition) is 2. The summed E-state index contributed by atoms with van der Waals surface area (Å²) in [7, 11) is 1.63. The second kappa shape index (κ2) is 7.82. The van der Waals surface area contributed by atoms with Crippen LogP contribution in [0.1, 0.15) is 16.7 Å². The van der Waals surface area contributed by atoms with Gasteiger partial charge in [-0.3, -0.25) is 4.79 Å². The van der Waals surface area contributed by atoms with Crippen molar-refractivity contribution in [3.05, 3.63) is 51.6 Å². The zero-order valence-corrected chi connectivity index (χ0v) is 14.1. The maximum atomic E-state index is 11.9. The van der Waals surface area contributed by atoms with E-state index in [9.17, 15) is 9.59 Å². The average Bonchev–Trinajstić information content (AvgIpc) is 2.54. The first-order valence-electron chi connectivity index (χ1n) is 7.08. The van der Waals surface area contributed by atoms with Crippen molar-refractivity contribution in [2.24, 2.45) is 0 Å². The summed E-state index contributed by atoms with van der Waals surface area (Å²) in [6, 6.07) is 5.79. The fourth-order valence-corrected chi connectivity index (χ4v) is 2.85. The highest BCUT2D eigenvalue weighted by atomic mass is 32.2. The van der Waals surface area contributed by atoms with Crippen molar-refractivity contribution >= 4 is 17.7 Å². The molecule has 6 nitrogen and oxygen atoms in total. The van der Waals surface area contributed by atoms with Crippen molar-refractivity contribution in [3.8, 4) is 5.75 Å². The van der Waals surface area contributed by atoms with Gasteiger partial charge in [-0.05, 0) is 36.6 Å². The lowest BCUT2D eigenvalue weighted by atomic mass is 10.1. The second-order valence-electron chi connectivity index (χ2n) is 5.07. The zero-order valence-electron chi connectivity index (χ0n) is 13.3. The van der Waals surface area contributed by atoms with Crippen LogP contribution in [0.25, 0.3) is 0 Å². The number of nitrogens with zero attached hydrogens (tertiary/aromatic N) is 1. The molecule has 0 atom stereocenters. The molecule has 0 saturated heterocycles. The number of rotatable bonds is 6. The highest BCUT2D eigenvalue weighted by molar-refractivity contribution is 7.99. The van der Waals surface area contributed by atoms with Crippen molar-refractivity contribution in [3.63, 3.8) is 0 Å².